The second-order valence-electron chi connectivity index (χ2n) is 9.79. The molecule has 0 saturated heterocycles. The maximum atomic E-state index is 13.5. The van der Waals surface area contributed by atoms with Gasteiger partial charge in [0.25, 0.3) is 0 Å². The van der Waals surface area contributed by atoms with Crippen molar-refractivity contribution in [1.29, 1.82) is 0 Å². The normalized spacial score (nSPS) is 15.0. The van der Waals surface area contributed by atoms with Gasteiger partial charge in [-0.1, -0.05) is 60.7 Å². The smallest absolute Gasteiger partial charge is 0.378 e. The Morgan fingerprint density at radius 2 is 1.44 bits per heavy atom. The lowest BCUT2D eigenvalue weighted by Crippen LogP contribution is -2.44. The van der Waals surface area contributed by atoms with Gasteiger partial charge < -0.3 is 26.3 Å². The molecule has 0 aromatic heterocycles. The van der Waals surface area contributed by atoms with Gasteiger partial charge in [0.05, 0.1) is 42.8 Å². The van der Waals surface area contributed by atoms with Crippen LogP contribution in [0.3, 0.4) is 0 Å². The van der Waals surface area contributed by atoms with Gasteiger partial charge in [-0.15, -0.1) is 11.8 Å². The Balaban J connectivity index is 1.59. The predicted molar refractivity (Wildman–Crippen MR) is 156 cm³/mol. The quantitative estimate of drug-likeness (QED) is 0.259. The van der Waals surface area contributed by atoms with E-state index in [1.807, 2.05) is 36.4 Å². The van der Waals surface area contributed by atoms with Gasteiger partial charge in [-0.3, -0.25) is 4.79 Å². The summed E-state index contributed by atoms with van der Waals surface area (Å²) >= 11 is 1.48. The minimum Gasteiger partial charge on any atom is -0.378 e. The van der Waals surface area contributed by atoms with Gasteiger partial charge in [-0.25, -0.2) is 0 Å². The van der Waals surface area contributed by atoms with Crippen LogP contribution in [0, 0.1) is 0 Å². The van der Waals surface area contributed by atoms with Crippen molar-refractivity contribution in [2.75, 3.05) is 45.3 Å². The van der Waals surface area contributed by atoms with Crippen LogP contribution < -0.4 is 16.8 Å². The summed E-state index contributed by atoms with van der Waals surface area (Å²) in [5, 5.41) is 2.81. The first-order valence-electron chi connectivity index (χ1n) is 13.6. The van der Waals surface area contributed by atoms with Crippen LogP contribution in [0.25, 0.3) is 0 Å². The number of nitrogens with two attached hydrogens (primary N) is 2. The molecule has 0 bridgehead atoms. The second kappa shape index (κ2) is 14.3. The standard InChI is InChI=1S/C31H36F3N3O3S/c32-31(33,34)25-13-11-24(12-14-25)30(41-21-28(36)29(38)37-16-18-40-20-19-39-17-15-35)26-7-3-1-5-22(26)9-10-23-6-2-4-8-27(23)30/h1-8,11-14,28H,9-10,15-21,35-36H2,(H,37,38). The van der Waals surface area contributed by atoms with Crippen LogP contribution in [0.5, 0.6) is 0 Å². The largest absolute Gasteiger partial charge is 0.416 e. The Labute approximate surface area is 243 Å². The van der Waals surface area contributed by atoms with E-state index in [1.165, 1.54) is 11.8 Å². The van der Waals surface area contributed by atoms with Gasteiger partial charge in [-0.05, 0) is 52.8 Å². The van der Waals surface area contributed by atoms with Crippen LogP contribution in [0.4, 0.5) is 13.2 Å². The zero-order valence-electron chi connectivity index (χ0n) is 22.8. The molecule has 0 spiro atoms. The number of aryl methyl sites for hydroxylation is 2. The monoisotopic (exact) mass is 587 g/mol. The number of hydrogen-bond acceptors (Lipinski definition) is 6. The first kappa shape index (κ1) is 31.1. The van der Waals surface area contributed by atoms with E-state index < -0.39 is 22.5 Å². The fraction of sp³-hybridized carbons (Fsp3) is 0.387. The van der Waals surface area contributed by atoms with Crippen molar-refractivity contribution >= 4 is 17.7 Å². The molecule has 1 amide bonds. The molecule has 0 saturated carbocycles. The number of nitrogens with one attached hydrogen (secondary N) is 1. The molecule has 220 valence electrons. The van der Waals surface area contributed by atoms with E-state index in [9.17, 15) is 18.0 Å². The summed E-state index contributed by atoms with van der Waals surface area (Å²) in [7, 11) is 0. The van der Waals surface area contributed by atoms with E-state index in [4.69, 9.17) is 20.9 Å². The van der Waals surface area contributed by atoms with Crippen molar-refractivity contribution in [3.63, 3.8) is 0 Å². The second-order valence-corrected chi connectivity index (χ2v) is 11.0. The minimum absolute atomic E-state index is 0.239. The maximum Gasteiger partial charge on any atom is 0.416 e. The summed E-state index contributed by atoms with van der Waals surface area (Å²) in [5.74, 6) is -0.0817. The Hall–Kier alpha value is -2.89. The molecule has 6 nitrogen and oxygen atoms in total. The lowest BCUT2D eigenvalue weighted by Gasteiger charge is -2.37. The number of alkyl halides is 3. The molecule has 1 aliphatic rings. The van der Waals surface area contributed by atoms with E-state index >= 15 is 0 Å². The fourth-order valence-corrected chi connectivity index (χ4v) is 6.69. The fourth-order valence-electron chi connectivity index (χ4n) is 5.09. The van der Waals surface area contributed by atoms with Gasteiger partial charge in [0, 0.05) is 18.8 Å². The molecular weight excluding hydrogens is 551 g/mol. The van der Waals surface area contributed by atoms with Gasteiger partial charge in [0.15, 0.2) is 0 Å². The number of fused-ring (bicyclic) bond motifs is 2. The van der Waals surface area contributed by atoms with E-state index in [1.54, 1.807) is 12.1 Å². The predicted octanol–water partition coefficient (Wildman–Crippen LogP) is 4.26. The average Bonchev–Trinajstić information content (AvgIpc) is 3.12. The van der Waals surface area contributed by atoms with Crippen molar-refractivity contribution in [2.24, 2.45) is 11.5 Å². The Morgan fingerprint density at radius 1 is 0.878 bits per heavy atom. The highest BCUT2D eigenvalue weighted by Gasteiger charge is 2.42. The van der Waals surface area contributed by atoms with Crippen molar-refractivity contribution in [3.8, 4) is 0 Å². The molecule has 1 aliphatic carbocycles. The summed E-state index contributed by atoms with van der Waals surface area (Å²) in [4.78, 5) is 12.9. The number of rotatable bonds is 13. The zero-order chi connectivity index (χ0) is 29.3. The molecule has 3 aromatic rings. The molecule has 0 aliphatic heterocycles. The summed E-state index contributed by atoms with van der Waals surface area (Å²) in [6, 6.07) is 20.5. The summed E-state index contributed by atoms with van der Waals surface area (Å²) < 4.78 is 50.3. The molecule has 1 atom stereocenters. The lowest BCUT2D eigenvalue weighted by molar-refractivity contribution is -0.137. The molecule has 10 heteroatoms. The number of carbonyl (C=O) groups excluding carboxylic acids is 1. The van der Waals surface area contributed by atoms with E-state index in [0.717, 1.165) is 47.2 Å². The van der Waals surface area contributed by atoms with Crippen LogP contribution >= 0.6 is 11.8 Å². The number of carbonyl (C=O) groups is 1. The van der Waals surface area contributed by atoms with E-state index in [0.29, 0.717) is 45.1 Å². The molecule has 3 aromatic carbocycles. The topological polar surface area (TPSA) is 99.6 Å². The molecule has 41 heavy (non-hydrogen) atoms. The van der Waals surface area contributed by atoms with Crippen molar-refractivity contribution in [3.05, 3.63) is 106 Å². The van der Waals surface area contributed by atoms with Crippen LogP contribution in [0.15, 0.2) is 72.8 Å². The maximum absolute atomic E-state index is 13.5. The van der Waals surface area contributed by atoms with Crippen LogP contribution in [0.2, 0.25) is 0 Å². The third kappa shape index (κ3) is 7.50. The first-order chi connectivity index (χ1) is 19.8. The lowest BCUT2D eigenvalue weighted by atomic mass is 9.81. The summed E-state index contributed by atoms with van der Waals surface area (Å²) in [6.45, 7) is 2.35. The highest BCUT2D eigenvalue weighted by Crippen LogP contribution is 2.52. The number of benzene rings is 3. The van der Waals surface area contributed by atoms with E-state index in [-0.39, 0.29) is 11.7 Å². The molecular formula is C31H36F3N3O3S. The molecule has 0 heterocycles. The number of hydrogen-bond donors (Lipinski definition) is 3. The van der Waals surface area contributed by atoms with Gasteiger partial charge >= 0.3 is 6.18 Å². The Morgan fingerprint density at radius 3 is 2.00 bits per heavy atom. The highest BCUT2D eigenvalue weighted by molar-refractivity contribution is 8.00. The summed E-state index contributed by atoms with van der Waals surface area (Å²) in [5.41, 5.74) is 16.0. The molecule has 5 N–H and O–H groups in total. The van der Waals surface area contributed by atoms with Crippen molar-refractivity contribution in [1.82, 2.24) is 5.32 Å². The number of halogens is 3. The minimum atomic E-state index is -4.44. The van der Waals surface area contributed by atoms with Crippen molar-refractivity contribution in [2.45, 2.75) is 29.8 Å². The summed E-state index contributed by atoms with van der Waals surface area (Å²) in [6.07, 6.45) is -2.86. The van der Waals surface area contributed by atoms with Gasteiger partial charge in [0.1, 0.15) is 0 Å². The van der Waals surface area contributed by atoms with Crippen LogP contribution in [-0.4, -0.2) is 57.2 Å². The third-order valence-electron chi connectivity index (χ3n) is 7.07. The number of amides is 1. The highest BCUT2D eigenvalue weighted by atomic mass is 32.2. The average molecular weight is 588 g/mol. The van der Waals surface area contributed by atoms with Gasteiger partial charge in [0.2, 0.25) is 5.91 Å². The molecule has 0 fully saturated rings. The molecule has 1 unspecified atom stereocenters. The SMILES string of the molecule is NCCOCCOCCNC(=O)C(N)CSC1(c2ccc(C(F)(F)F)cc2)c2ccccc2CCc2ccccc21. The van der Waals surface area contributed by atoms with Crippen LogP contribution in [0.1, 0.15) is 33.4 Å². The number of thioether (sulfide) groups is 1. The van der Waals surface area contributed by atoms with Gasteiger partial charge in [-0.2, -0.15) is 13.2 Å². The van der Waals surface area contributed by atoms with E-state index in [2.05, 4.69) is 17.4 Å². The Kier molecular flexibility index (Phi) is 10.9. The van der Waals surface area contributed by atoms with Crippen molar-refractivity contribution < 1.29 is 27.4 Å². The molecule has 0 radical (unpaired) electrons. The van der Waals surface area contributed by atoms with Crippen LogP contribution in [-0.2, 0) is 38.0 Å². The first-order valence-corrected chi connectivity index (χ1v) is 14.6. The third-order valence-corrected chi connectivity index (χ3v) is 8.71. The number of ether oxygens (including phenoxy) is 2. The molecule has 4 rings (SSSR count). The Bertz CT molecular complexity index is 1240. The zero-order valence-corrected chi connectivity index (χ0v) is 23.6.